The standard InChI is InChI=1S/C12H18N4/c13-9-6-10(8-14-7-9)15-11-3-5-16-4-1-2-12(11)16/h6-8,11-12,15H,1-5,13H2. The maximum absolute atomic E-state index is 5.73. The molecule has 0 bridgehead atoms. The molecule has 2 atom stereocenters. The number of nitrogen functional groups attached to an aromatic ring is 1. The van der Waals surface area contributed by atoms with Gasteiger partial charge in [-0.3, -0.25) is 9.88 Å². The molecule has 0 amide bonds. The van der Waals surface area contributed by atoms with Crippen LogP contribution in [0.25, 0.3) is 0 Å². The minimum absolute atomic E-state index is 0.575. The minimum Gasteiger partial charge on any atom is -0.397 e. The van der Waals surface area contributed by atoms with Gasteiger partial charge in [-0.25, -0.2) is 0 Å². The van der Waals surface area contributed by atoms with Crippen LogP contribution >= 0.6 is 0 Å². The van der Waals surface area contributed by atoms with Crippen molar-refractivity contribution >= 4 is 11.4 Å². The van der Waals surface area contributed by atoms with Gasteiger partial charge >= 0.3 is 0 Å². The third-order valence-electron chi connectivity index (χ3n) is 3.72. The van der Waals surface area contributed by atoms with Crippen LogP contribution in [0.15, 0.2) is 18.5 Å². The highest BCUT2D eigenvalue weighted by atomic mass is 15.2. The number of pyridine rings is 1. The fourth-order valence-electron chi connectivity index (χ4n) is 3.00. The highest BCUT2D eigenvalue weighted by molar-refractivity contribution is 5.52. The third kappa shape index (κ3) is 1.73. The molecule has 0 aliphatic carbocycles. The van der Waals surface area contributed by atoms with Crippen LogP contribution in [0.2, 0.25) is 0 Å². The number of nitrogens with one attached hydrogen (secondary N) is 1. The molecule has 1 aromatic rings. The van der Waals surface area contributed by atoms with Crippen LogP contribution < -0.4 is 11.1 Å². The molecule has 2 unspecified atom stereocenters. The zero-order chi connectivity index (χ0) is 11.0. The molecule has 0 radical (unpaired) electrons. The van der Waals surface area contributed by atoms with Gasteiger partial charge in [-0.2, -0.15) is 0 Å². The highest BCUT2D eigenvalue weighted by Gasteiger charge is 2.36. The zero-order valence-electron chi connectivity index (χ0n) is 9.39. The Balaban J connectivity index is 1.71. The normalized spacial score (nSPS) is 29.2. The van der Waals surface area contributed by atoms with Crippen molar-refractivity contribution in [3.63, 3.8) is 0 Å². The molecule has 0 spiro atoms. The molecule has 16 heavy (non-hydrogen) atoms. The summed E-state index contributed by atoms with van der Waals surface area (Å²) in [5, 5.41) is 3.57. The highest BCUT2D eigenvalue weighted by Crippen LogP contribution is 2.30. The first-order valence-corrected chi connectivity index (χ1v) is 6.04. The van der Waals surface area contributed by atoms with Crippen molar-refractivity contribution < 1.29 is 0 Å². The van der Waals surface area contributed by atoms with E-state index in [2.05, 4.69) is 15.2 Å². The van der Waals surface area contributed by atoms with Gasteiger partial charge in [0.2, 0.25) is 0 Å². The number of hydrogen-bond donors (Lipinski definition) is 2. The molecule has 2 aliphatic heterocycles. The second kappa shape index (κ2) is 3.94. The molecule has 2 aliphatic rings. The molecule has 4 nitrogen and oxygen atoms in total. The van der Waals surface area contributed by atoms with Crippen LogP contribution in [0, 0.1) is 0 Å². The SMILES string of the molecule is Nc1cncc(NC2CCN3CCCC23)c1. The van der Waals surface area contributed by atoms with E-state index in [0.29, 0.717) is 6.04 Å². The first-order valence-electron chi connectivity index (χ1n) is 6.04. The lowest BCUT2D eigenvalue weighted by Crippen LogP contribution is -2.33. The molecule has 2 fully saturated rings. The van der Waals surface area contributed by atoms with Gasteiger partial charge in [0.25, 0.3) is 0 Å². The second-order valence-corrected chi connectivity index (χ2v) is 4.79. The van der Waals surface area contributed by atoms with Gasteiger partial charge in [0.05, 0.1) is 17.6 Å². The smallest absolute Gasteiger partial charge is 0.0550 e. The van der Waals surface area contributed by atoms with Gasteiger partial charge < -0.3 is 11.1 Å². The topological polar surface area (TPSA) is 54.2 Å². The first kappa shape index (κ1) is 9.90. The number of rotatable bonds is 2. The van der Waals surface area contributed by atoms with E-state index in [1.165, 1.54) is 32.4 Å². The van der Waals surface area contributed by atoms with Gasteiger partial charge in [0, 0.05) is 24.8 Å². The van der Waals surface area contributed by atoms with Crippen LogP contribution in [-0.4, -0.2) is 35.1 Å². The Morgan fingerprint density at radius 2 is 2.25 bits per heavy atom. The lowest BCUT2D eigenvalue weighted by Gasteiger charge is -2.22. The summed E-state index contributed by atoms with van der Waals surface area (Å²) in [6.07, 6.45) is 7.45. The molecule has 86 valence electrons. The average molecular weight is 218 g/mol. The van der Waals surface area contributed by atoms with Crippen LogP contribution in [0.5, 0.6) is 0 Å². The van der Waals surface area contributed by atoms with E-state index in [1.54, 1.807) is 6.20 Å². The maximum Gasteiger partial charge on any atom is 0.0550 e. The largest absolute Gasteiger partial charge is 0.397 e. The molecular weight excluding hydrogens is 200 g/mol. The fraction of sp³-hybridized carbons (Fsp3) is 0.583. The summed E-state index contributed by atoms with van der Waals surface area (Å²) in [7, 11) is 0. The van der Waals surface area contributed by atoms with E-state index in [0.717, 1.165) is 17.4 Å². The molecule has 3 heterocycles. The van der Waals surface area contributed by atoms with E-state index < -0.39 is 0 Å². The van der Waals surface area contributed by atoms with Crippen molar-refractivity contribution in [1.82, 2.24) is 9.88 Å². The Labute approximate surface area is 95.8 Å². The molecular formula is C12H18N4. The quantitative estimate of drug-likeness (QED) is 0.786. The van der Waals surface area contributed by atoms with Crippen LogP contribution in [0.1, 0.15) is 19.3 Å². The number of aromatic nitrogens is 1. The zero-order valence-corrected chi connectivity index (χ0v) is 9.39. The Morgan fingerprint density at radius 1 is 1.31 bits per heavy atom. The molecule has 0 aromatic carbocycles. The van der Waals surface area contributed by atoms with Gasteiger partial charge in [-0.05, 0) is 31.9 Å². The van der Waals surface area contributed by atoms with Crippen molar-refractivity contribution in [3.8, 4) is 0 Å². The van der Waals surface area contributed by atoms with Gasteiger partial charge in [0.15, 0.2) is 0 Å². The van der Waals surface area contributed by atoms with E-state index in [1.807, 2.05) is 12.3 Å². The molecule has 3 N–H and O–H groups in total. The Bertz CT molecular complexity index is 379. The predicted octanol–water partition coefficient (Wildman–Crippen LogP) is 1.31. The van der Waals surface area contributed by atoms with Crippen LogP contribution in [-0.2, 0) is 0 Å². The monoisotopic (exact) mass is 218 g/mol. The van der Waals surface area contributed by atoms with Crippen molar-refractivity contribution in [1.29, 1.82) is 0 Å². The average Bonchev–Trinajstić information content (AvgIpc) is 2.83. The summed E-state index contributed by atoms with van der Waals surface area (Å²) in [5.41, 5.74) is 7.51. The first-order chi connectivity index (χ1) is 7.83. The van der Waals surface area contributed by atoms with Gasteiger partial charge in [-0.1, -0.05) is 0 Å². The summed E-state index contributed by atoms with van der Waals surface area (Å²) in [6, 6.07) is 3.26. The van der Waals surface area contributed by atoms with E-state index in [-0.39, 0.29) is 0 Å². The van der Waals surface area contributed by atoms with Crippen molar-refractivity contribution in [2.45, 2.75) is 31.3 Å². The maximum atomic E-state index is 5.73. The Hall–Kier alpha value is -1.29. The van der Waals surface area contributed by atoms with Crippen LogP contribution in [0.4, 0.5) is 11.4 Å². The second-order valence-electron chi connectivity index (χ2n) is 4.79. The molecule has 0 saturated carbocycles. The lowest BCUT2D eigenvalue weighted by atomic mass is 10.1. The third-order valence-corrected chi connectivity index (χ3v) is 3.72. The Morgan fingerprint density at radius 3 is 3.12 bits per heavy atom. The van der Waals surface area contributed by atoms with Crippen molar-refractivity contribution in [3.05, 3.63) is 18.5 Å². The number of hydrogen-bond acceptors (Lipinski definition) is 4. The molecule has 2 saturated heterocycles. The minimum atomic E-state index is 0.575. The van der Waals surface area contributed by atoms with E-state index in [4.69, 9.17) is 5.73 Å². The van der Waals surface area contributed by atoms with Crippen molar-refractivity contribution in [2.24, 2.45) is 0 Å². The van der Waals surface area contributed by atoms with Crippen molar-refractivity contribution in [2.75, 3.05) is 24.1 Å². The van der Waals surface area contributed by atoms with E-state index in [9.17, 15) is 0 Å². The van der Waals surface area contributed by atoms with E-state index >= 15 is 0 Å². The Kier molecular flexibility index (Phi) is 2.44. The number of fused-ring (bicyclic) bond motifs is 1. The molecule has 1 aromatic heterocycles. The van der Waals surface area contributed by atoms with Gasteiger partial charge in [0.1, 0.15) is 0 Å². The summed E-state index contributed by atoms with van der Waals surface area (Å²) in [4.78, 5) is 6.71. The summed E-state index contributed by atoms with van der Waals surface area (Å²) < 4.78 is 0. The number of anilines is 2. The predicted molar refractivity (Wildman–Crippen MR) is 65.3 cm³/mol. The lowest BCUT2D eigenvalue weighted by molar-refractivity contribution is 0.318. The summed E-state index contributed by atoms with van der Waals surface area (Å²) in [5.74, 6) is 0. The molecule has 4 heteroatoms. The van der Waals surface area contributed by atoms with Gasteiger partial charge in [-0.15, -0.1) is 0 Å². The number of nitrogens with two attached hydrogens (primary N) is 1. The fourth-order valence-corrected chi connectivity index (χ4v) is 3.00. The summed E-state index contributed by atoms with van der Waals surface area (Å²) >= 11 is 0. The molecule has 3 rings (SSSR count). The van der Waals surface area contributed by atoms with Crippen LogP contribution in [0.3, 0.4) is 0 Å². The number of nitrogens with zero attached hydrogens (tertiary/aromatic N) is 2. The summed E-state index contributed by atoms with van der Waals surface area (Å²) in [6.45, 7) is 2.51.